The maximum atomic E-state index is 12.4. The van der Waals surface area contributed by atoms with E-state index in [1.165, 1.54) is 12.1 Å². The quantitative estimate of drug-likeness (QED) is 0.761. The van der Waals surface area contributed by atoms with Gasteiger partial charge in [-0.3, -0.25) is 9.59 Å². The van der Waals surface area contributed by atoms with Gasteiger partial charge in [-0.2, -0.15) is 0 Å². The fraction of sp³-hybridized carbons (Fsp3) is 0.158. The fourth-order valence-electron chi connectivity index (χ4n) is 2.57. The average molecular weight is 371 g/mol. The smallest absolute Gasteiger partial charge is 0.287 e. The minimum Gasteiger partial charge on any atom is -0.451 e. The number of hydrogen-bond acceptors (Lipinski definition) is 5. The molecule has 134 valence electrons. The summed E-state index contributed by atoms with van der Waals surface area (Å²) in [4.78, 5) is 24.7. The molecule has 1 aromatic heterocycles. The summed E-state index contributed by atoms with van der Waals surface area (Å²) in [5, 5.41) is 3.15. The van der Waals surface area contributed by atoms with E-state index in [-0.39, 0.29) is 16.1 Å². The zero-order valence-electron chi connectivity index (χ0n) is 14.2. The van der Waals surface area contributed by atoms with Gasteiger partial charge in [-0.25, -0.2) is 8.42 Å². The number of benzene rings is 2. The van der Waals surface area contributed by atoms with E-state index in [0.717, 1.165) is 17.9 Å². The van der Waals surface area contributed by atoms with E-state index < -0.39 is 21.8 Å². The van der Waals surface area contributed by atoms with Gasteiger partial charge < -0.3 is 9.73 Å². The second kappa shape index (κ2) is 6.76. The molecule has 1 heterocycles. The molecule has 0 unspecified atom stereocenters. The van der Waals surface area contributed by atoms with Gasteiger partial charge in [0.25, 0.3) is 5.91 Å². The third kappa shape index (κ3) is 3.67. The van der Waals surface area contributed by atoms with E-state index in [0.29, 0.717) is 11.0 Å². The summed E-state index contributed by atoms with van der Waals surface area (Å²) < 4.78 is 28.5. The zero-order chi connectivity index (χ0) is 18.9. The highest BCUT2D eigenvalue weighted by atomic mass is 32.2. The number of hydrogen-bond donors (Lipinski definition) is 1. The topological polar surface area (TPSA) is 93.4 Å². The van der Waals surface area contributed by atoms with Crippen LogP contribution >= 0.6 is 0 Å². The maximum Gasteiger partial charge on any atom is 0.287 e. The Morgan fingerprint density at radius 2 is 1.73 bits per heavy atom. The van der Waals surface area contributed by atoms with E-state index >= 15 is 0 Å². The Balaban J connectivity index is 1.82. The lowest BCUT2D eigenvalue weighted by Gasteiger charge is -2.14. The van der Waals surface area contributed by atoms with E-state index in [1.807, 2.05) is 0 Å². The molecule has 1 amide bonds. The first-order valence-electron chi connectivity index (χ1n) is 7.89. The lowest BCUT2D eigenvalue weighted by molar-refractivity contribution is 0.0912. The largest absolute Gasteiger partial charge is 0.451 e. The van der Waals surface area contributed by atoms with Crippen molar-refractivity contribution in [1.29, 1.82) is 0 Å². The molecule has 0 spiro atoms. The van der Waals surface area contributed by atoms with Crippen molar-refractivity contribution < 1.29 is 17.6 Å². The molecule has 0 aliphatic carbocycles. The first-order valence-corrected chi connectivity index (χ1v) is 9.78. The van der Waals surface area contributed by atoms with Crippen LogP contribution in [0.15, 0.2) is 68.7 Å². The number of sulfone groups is 1. The fourth-order valence-corrected chi connectivity index (χ4v) is 3.20. The molecule has 0 saturated heterocycles. The standard InChI is InChI=1S/C19H17NO5S/c1-12(13-7-9-14(10-8-13)26(2,23)24)20-19(22)18-11-16(21)15-5-3-4-6-17(15)25-18/h3-12H,1-2H3,(H,20,22)/t12-/m1/s1. The molecule has 0 saturated carbocycles. The molecule has 3 rings (SSSR count). The van der Waals surface area contributed by atoms with Gasteiger partial charge in [0.2, 0.25) is 0 Å². The molecule has 0 aliphatic heterocycles. The summed E-state index contributed by atoms with van der Waals surface area (Å²) in [5.41, 5.74) is 0.784. The van der Waals surface area contributed by atoms with Crippen LogP contribution in [0.1, 0.15) is 29.1 Å². The number of amides is 1. The minimum atomic E-state index is -3.27. The third-order valence-corrected chi connectivity index (χ3v) is 5.14. The molecular weight excluding hydrogens is 354 g/mol. The van der Waals surface area contributed by atoms with Crippen LogP contribution in [0.3, 0.4) is 0 Å². The van der Waals surface area contributed by atoms with Gasteiger partial charge in [-0.15, -0.1) is 0 Å². The molecule has 0 bridgehead atoms. The number of nitrogens with one attached hydrogen (secondary N) is 1. The van der Waals surface area contributed by atoms with Gasteiger partial charge in [0.1, 0.15) is 5.58 Å². The maximum absolute atomic E-state index is 12.4. The van der Waals surface area contributed by atoms with E-state index in [4.69, 9.17) is 4.42 Å². The first kappa shape index (κ1) is 17.9. The summed E-state index contributed by atoms with van der Waals surface area (Å²) in [5.74, 6) is -0.596. The van der Waals surface area contributed by atoms with Gasteiger partial charge in [0.05, 0.1) is 16.3 Å². The molecule has 7 heteroatoms. The second-order valence-electron chi connectivity index (χ2n) is 6.01. The van der Waals surface area contributed by atoms with Gasteiger partial charge in [0.15, 0.2) is 21.0 Å². The monoisotopic (exact) mass is 371 g/mol. The van der Waals surface area contributed by atoms with Crippen LogP contribution in [0.2, 0.25) is 0 Å². The Bertz CT molecular complexity index is 1130. The predicted molar refractivity (Wildman–Crippen MR) is 97.9 cm³/mol. The van der Waals surface area contributed by atoms with Crippen LogP contribution in [-0.2, 0) is 9.84 Å². The van der Waals surface area contributed by atoms with Crippen molar-refractivity contribution in [3.63, 3.8) is 0 Å². The van der Waals surface area contributed by atoms with Crippen LogP contribution in [0.25, 0.3) is 11.0 Å². The van der Waals surface area contributed by atoms with Crippen molar-refractivity contribution in [3.05, 3.63) is 76.1 Å². The highest BCUT2D eigenvalue weighted by Crippen LogP contribution is 2.17. The van der Waals surface area contributed by atoms with Crippen molar-refractivity contribution >= 4 is 26.7 Å². The number of carbonyl (C=O) groups excluding carboxylic acids is 1. The number of rotatable bonds is 4. The molecule has 3 aromatic rings. The third-order valence-electron chi connectivity index (χ3n) is 4.01. The van der Waals surface area contributed by atoms with Gasteiger partial charge in [-0.1, -0.05) is 24.3 Å². The van der Waals surface area contributed by atoms with Crippen LogP contribution in [0.4, 0.5) is 0 Å². The summed E-state index contributed by atoms with van der Waals surface area (Å²) in [6, 6.07) is 13.7. The molecule has 0 radical (unpaired) electrons. The highest BCUT2D eigenvalue weighted by Gasteiger charge is 2.16. The summed E-state index contributed by atoms with van der Waals surface area (Å²) in [7, 11) is -3.27. The van der Waals surface area contributed by atoms with Crippen LogP contribution in [-0.4, -0.2) is 20.6 Å². The molecule has 0 fully saturated rings. The first-order chi connectivity index (χ1) is 12.3. The van der Waals surface area contributed by atoms with Crippen LogP contribution < -0.4 is 10.7 Å². The zero-order valence-corrected chi connectivity index (χ0v) is 15.0. The van der Waals surface area contributed by atoms with Crippen LogP contribution in [0.5, 0.6) is 0 Å². The van der Waals surface area contributed by atoms with Gasteiger partial charge in [0, 0.05) is 12.3 Å². The molecule has 6 nitrogen and oxygen atoms in total. The summed E-state index contributed by atoms with van der Waals surface area (Å²) in [6.07, 6.45) is 1.13. The Morgan fingerprint density at radius 1 is 1.08 bits per heavy atom. The highest BCUT2D eigenvalue weighted by molar-refractivity contribution is 7.90. The molecule has 0 aliphatic rings. The summed E-state index contributed by atoms with van der Waals surface area (Å²) >= 11 is 0. The van der Waals surface area contributed by atoms with Crippen molar-refractivity contribution in [2.45, 2.75) is 17.9 Å². The van der Waals surface area contributed by atoms with Crippen molar-refractivity contribution in [3.8, 4) is 0 Å². The Morgan fingerprint density at radius 3 is 2.38 bits per heavy atom. The molecule has 2 aromatic carbocycles. The van der Waals surface area contributed by atoms with Gasteiger partial charge >= 0.3 is 0 Å². The lowest BCUT2D eigenvalue weighted by Crippen LogP contribution is -2.27. The van der Waals surface area contributed by atoms with E-state index in [9.17, 15) is 18.0 Å². The van der Waals surface area contributed by atoms with Crippen molar-refractivity contribution in [2.75, 3.05) is 6.26 Å². The molecular formula is C19H17NO5S. The molecule has 26 heavy (non-hydrogen) atoms. The second-order valence-corrected chi connectivity index (χ2v) is 8.02. The van der Waals surface area contributed by atoms with Crippen molar-refractivity contribution in [2.24, 2.45) is 0 Å². The van der Waals surface area contributed by atoms with E-state index in [1.54, 1.807) is 43.3 Å². The van der Waals surface area contributed by atoms with Gasteiger partial charge in [-0.05, 0) is 36.8 Å². The number of carbonyl (C=O) groups is 1. The predicted octanol–water partition coefficient (Wildman–Crippen LogP) is 2.69. The molecule has 1 N–H and O–H groups in total. The van der Waals surface area contributed by atoms with Crippen LogP contribution in [0, 0.1) is 0 Å². The summed E-state index contributed by atoms with van der Waals surface area (Å²) in [6.45, 7) is 1.76. The minimum absolute atomic E-state index is 0.0756. The normalized spacial score (nSPS) is 12.7. The number of para-hydroxylation sites is 1. The number of fused-ring (bicyclic) bond motifs is 1. The Hall–Kier alpha value is -2.93. The SMILES string of the molecule is C[C@@H](NC(=O)c1cc(=O)c2ccccc2o1)c1ccc(S(C)(=O)=O)cc1. The lowest BCUT2D eigenvalue weighted by atomic mass is 10.1. The Kier molecular flexibility index (Phi) is 4.65. The van der Waals surface area contributed by atoms with Crippen molar-refractivity contribution in [1.82, 2.24) is 5.32 Å². The van der Waals surface area contributed by atoms with E-state index in [2.05, 4.69) is 5.32 Å². The average Bonchev–Trinajstić information content (AvgIpc) is 2.61. The molecule has 1 atom stereocenters. The Labute approximate surface area is 150 Å².